The molecular formula is C18H28O. The van der Waals surface area contributed by atoms with Crippen LogP contribution in [-0.2, 0) is 11.2 Å². The molecule has 19 heavy (non-hydrogen) atoms. The number of Topliss-reactive ketones (excluding diaryl/α,β-unsaturated/α-hetero) is 1. The van der Waals surface area contributed by atoms with E-state index >= 15 is 0 Å². The van der Waals surface area contributed by atoms with Crippen LogP contribution in [0.15, 0.2) is 24.3 Å². The summed E-state index contributed by atoms with van der Waals surface area (Å²) in [6.07, 6.45) is 7.21. The predicted octanol–water partition coefficient (Wildman–Crippen LogP) is 5.10. The van der Waals surface area contributed by atoms with Crippen molar-refractivity contribution in [2.45, 2.75) is 65.7 Å². The number of carbonyl (C=O) groups is 1. The average molecular weight is 260 g/mol. The van der Waals surface area contributed by atoms with Gasteiger partial charge in [-0.15, -0.1) is 0 Å². The van der Waals surface area contributed by atoms with Crippen molar-refractivity contribution < 1.29 is 4.79 Å². The smallest absolute Gasteiger partial charge is 0.133 e. The van der Waals surface area contributed by atoms with Gasteiger partial charge < -0.3 is 0 Å². The van der Waals surface area contributed by atoms with Crippen molar-refractivity contribution in [1.29, 1.82) is 0 Å². The summed E-state index contributed by atoms with van der Waals surface area (Å²) >= 11 is 0. The van der Waals surface area contributed by atoms with Gasteiger partial charge in [0.15, 0.2) is 0 Å². The van der Waals surface area contributed by atoms with Crippen LogP contribution in [0.25, 0.3) is 0 Å². The molecule has 1 unspecified atom stereocenters. The third-order valence-electron chi connectivity index (χ3n) is 3.99. The van der Waals surface area contributed by atoms with Crippen LogP contribution in [-0.4, -0.2) is 5.78 Å². The maximum atomic E-state index is 12.1. The van der Waals surface area contributed by atoms with Crippen LogP contribution in [0.2, 0.25) is 0 Å². The van der Waals surface area contributed by atoms with Crippen LogP contribution < -0.4 is 0 Å². The fourth-order valence-electron chi connectivity index (χ4n) is 2.53. The molecule has 1 atom stereocenters. The van der Waals surface area contributed by atoms with Gasteiger partial charge in [0.25, 0.3) is 0 Å². The molecule has 1 heteroatoms. The minimum atomic E-state index is 0.436. The first-order chi connectivity index (χ1) is 9.17. The van der Waals surface area contributed by atoms with E-state index in [2.05, 4.69) is 45.0 Å². The second-order valence-electron chi connectivity index (χ2n) is 5.59. The molecule has 0 aromatic heterocycles. The molecule has 0 amide bonds. The number of unbranched alkanes of at least 4 members (excludes halogenated alkanes) is 1. The Morgan fingerprint density at radius 1 is 1.21 bits per heavy atom. The molecule has 0 fully saturated rings. The normalized spacial score (nSPS) is 12.4. The zero-order chi connectivity index (χ0) is 14.1. The summed E-state index contributed by atoms with van der Waals surface area (Å²) in [5, 5.41) is 0. The van der Waals surface area contributed by atoms with E-state index < -0.39 is 0 Å². The van der Waals surface area contributed by atoms with E-state index in [-0.39, 0.29) is 0 Å². The molecule has 1 aromatic rings. The van der Waals surface area contributed by atoms with E-state index in [0.717, 1.165) is 19.3 Å². The average Bonchev–Trinajstić information content (AvgIpc) is 2.42. The van der Waals surface area contributed by atoms with Crippen molar-refractivity contribution in [2.75, 3.05) is 0 Å². The second kappa shape index (κ2) is 8.90. The molecule has 1 rings (SSSR count). The fourth-order valence-corrected chi connectivity index (χ4v) is 2.53. The van der Waals surface area contributed by atoms with E-state index in [0.29, 0.717) is 18.1 Å². The highest BCUT2D eigenvalue weighted by Gasteiger charge is 2.12. The number of ketones is 1. The molecule has 0 N–H and O–H groups in total. The van der Waals surface area contributed by atoms with Gasteiger partial charge in [0.1, 0.15) is 5.78 Å². The summed E-state index contributed by atoms with van der Waals surface area (Å²) in [4.78, 5) is 12.1. The van der Waals surface area contributed by atoms with E-state index in [1.54, 1.807) is 0 Å². The molecule has 0 radical (unpaired) electrons. The van der Waals surface area contributed by atoms with Gasteiger partial charge in [0.05, 0.1) is 0 Å². The molecular weight excluding hydrogens is 232 g/mol. The number of benzene rings is 1. The Balaban J connectivity index is 2.36. The number of aryl methyl sites for hydroxylation is 2. The molecule has 0 aliphatic carbocycles. The predicted molar refractivity (Wildman–Crippen MR) is 82.4 cm³/mol. The zero-order valence-corrected chi connectivity index (χ0v) is 12.7. The SMILES string of the molecule is CCCCC(CC)CC(=O)CCc1ccccc1C. The molecule has 0 saturated carbocycles. The van der Waals surface area contributed by atoms with Gasteiger partial charge in [0.2, 0.25) is 0 Å². The van der Waals surface area contributed by atoms with E-state index in [1.807, 2.05) is 0 Å². The molecule has 0 aliphatic rings. The minimum Gasteiger partial charge on any atom is -0.300 e. The summed E-state index contributed by atoms with van der Waals surface area (Å²) in [6, 6.07) is 8.37. The number of rotatable bonds is 9. The molecule has 106 valence electrons. The Bertz CT molecular complexity index is 381. The van der Waals surface area contributed by atoms with E-state index in [9.17, 15) is 4.79 Å². The lowest BCUT2D eigenvalue weighted by Crippen LogP contribution is -2.09. The zero-order valence-electron chi connectivity index (χ0n) is 12.7. The highest BCUT2D eigenvalue weighted by atomic mass is 16.1. The van der Waals surface area contributed by atoms with Crippen LogP contribution in [0.4, 0.5) is 0 Å². The van der Waals surface area contributed by atoms with Gasteiger partial charge >= 0.3 is 0 Å². The highest BCUT2D eigenvalue weighted by Crippen LogP contribution is 2.19. The number of hydrogen-bond acceptors (Lipinski definition) is 1. The van der Waals surface area contributed by atoms with Crippen molar-refractivity contribution in [3.8, 4) is 0 Å². The van der Waals surface area contributed by atoms with Gasteiger partial charge in [-0.3, -0.25) is 4.79 Å². The summed E-state index contributed by atoms with van der Waals surface area (Å²) in [7, 11) is 0. The van der Waals surface area contributed by atoms with Crippen LogP contribution in [0.5, 0.6) is 0 Å². The van der Waals surface area contributed by atoms with Gasteiger partial charge in [0, 0.05) is 12.8 Å². The molecule has 1 nitrogen and oxygen atoms in total. The largest absolute Gasteiger partial charge is 0.300 e. The van der Waals surface area contributed by atoms with Crippen molar-refractivity contribution in [3.05, 3.63) is 35.4 Å². The number of carbonyl (C=O) groups excluding carboxylic acids is 1. The third-order valence-corrected chi connectivity index (χ3v) is 3.99. The molecule has 0 saturated heterocycles. The fraction of sp³-hybridized carbons (Fsp3) is 0.611. The van der Waals surface area contributed by atoms with Gasteiger partial charge in [-0.05, 0) is 30.4 Å². The Labute approximate surface area is 118 Å². The third kappa shape index (κ3) is 6.04. The summed E-state index contributed by atoms with van der Waals surface area (Å²) < 4.78 is 0. The maximum Gasteiger partial charge on any atom is 0.133 e. The Morgan fingerprint density at radius 2 is 1.95 bits per heavy atom. The van der Waals surface area contributed by atoms with Crippen molar-refractivity contribution >= 4 is 5.78 Å². The van der Waals surface area contributed by atoms with Crippen LogP contribution in [0, 0.1) is 12.8 Å². The van der Waals surface area contributed by atoms with Crippen LogP contribution in [0.1, 0.15) is 63.5 Å². The Hall–Kier alpha value is -1.11. The van der Waals surface area contributed by atoms with E-state index in [1.165, 1.54) is 30.4 Å². The topological polar surface area (TPSA) is 17.1 Å². The van der Waals surface area contributed by atoms with Gasteiger partial charge in [-0.2, -0.15) is 0 Å². The van der Waals surface area contributed by atoms with Crippen LogP contribution in [0.3, 0.4) is 0 Å². The summed E-state index contributed by atoms with van der Waals surface area (Å²) in [5.74, 6) is 1.04. The van der Waals surface area contributed by atoms with Gasteiger partial charge in [-0.1, -0.05) is 63.8 Å². The van der Waals surface area contributed by atoms with Crippen molar-refractivity contribution in [2.24, 2.45) is 5.92 Å². The lowest BCUT2D eigenvalue weighted by atomic mass is 9.91. The van der Waals surface area contributed by atoms with Gasteiger partial charge in [-0.25, -0.2) is 0 Å². The monoisotopic (exact) mass is 260 g/mol. The summed E-state index contributed by atoms with van der Waals surface area (Å²) in [5.41, 5.74) is 2.62. The van der Waals surface area contributed by atoms with E-state index in [4.69, 9.17) is 0 Å². The quantitative estimate of drug-likeness (QED) is 0.603. The van der Waals surface area contributed by atoms with Crippen molar-refractivity contribution in [3.63, 3.8) is 0 Å². The number of hydrogen-bond donors (Lipinski definition) is 0. The Kier molecular flexibility index (Phi) is 7.47. The first kappa shape index (κ1) is 15.9. The first-order valence-electron chi connectivity index (χ1n) is 7.73. The molecule has 0 spiro atoms. The molecule has 0 heterocycles. The first-order valence-corrected chi connectivity index (χ1v) is 7.73. The summed E-state index contributed by atoms with van der Waals surface area (Å²) in [6.45, 7) is 6.54. The van der Waals surface area contributed by atoms with Crippen LogP contribution >= 0.6 is 0 Å². The molecule has 0 bridgehead atoms. The van der Waals surface area contributed by atoms with Crippen molar-refractivity contribution in [1.82, 2.24) is 0 Å². The molecule has 0 aliphatic heterocycles. The minimum absolute atomic E-state index is 0.436. The highest BCUT2D eigenvalue weighted by molar-refractivity contribution is 5.78. The molecule has 1 aromatic carbocycles. The standard InChI is InChI=1S/C18H28O/c1-4-6-10-16(5-2)14-18(19)13-12-17-11-8-7-9-15(17)3/h7-9,11,16H,4-6,10,12-14H2,1-3H3. The maximum absolute atomic E-state index is 12.1. The Morgan fingerprint density at radius 3 is 2.58 bits per heavy atom. The second-order valence-corrected chi connectivity index (χ2v) is 5.59. The lowest BCUT2D eigenvalue weighted by molar-refractivity contribution is -0.120. The lowest BCUT2D eigenvalue weighted by Gasteiger charge is -2.13.